The Balaban J connectivity index is 2.92. The van der Waals surface area contributed by atoms with Gasteiger partial charge in [-0.1, -0.05) is 25.5 Å². The van der Waals surface area contributed by atoms with E-state index in [0.29, 0.717) is 5.71 Å². The number of ether oxygens (including phenoxy) is 1. The first kappa shape index (κ1) is 9.78. The number of nitrogens with one attached hydrogen (secondary N) is 1. The van der Waals surface area contributed by atoms with E-state index in [-0.39, 0.29) is 0 Å². The maximum atomic E-state index is 7.79. The Hall–Kier alpha value is -1.31. The van der Waals surface area contributed by atoms with Gasteiger partial charge in [-0.15, -0.1) is 0 Å². The van der Waals surface area contributed by atoms with Crippen LogP contribution >= 0.6 is 0 Å². The molecular formula is C11H15NO. The van der Waals surface area contributed by atoms with E-state index in [9.17, 15) is 0 Å². The van der Waals surface area contributed by atoms with Crippen molar-refractivity contribution in [3.8, 4) is 5.75 Å². The van der Waals surface area contributed by atoms with Crippen LogP contribution in [0.4, 0.5) is 0 Å². The summed E-state index contributed by atoms with van der Waals surface area (Å²) in [6, 6.07) is 7.67. The molecule has 0 spiro atoms. The summed E-state index contributed by atoms with van der Waals surface area (Å²) in [5.41, 5.74) is 1.56. The highest BCUT2D eigenvalue weighted by atomic mass is 16.5. The summed E-state index contributed by atoms with van der Waals surface area (Å²) in [5, 5.41) is 7.79. The van der Waals surface area contributed by atoms with Gasteiger partial charge in [0, 0.05) is 11.3 Å². The quantitative estimate of drug-likeness (QED) is 0.705. The molecule has 13 heavy (non-hydrogen) atoms. The van der Waals surface area contributed by atoms with Gasteiger partial charge in [0.2, 0.25) is 0 Å². The minimum Gasteiger partial charge on any atom is -0.496 e. The summed E-state index contributed by atoms with van der Waals surface area (Å²) in [4.78, 5) is 0. The molecule has 0 aliphatic rings. The average Bonchev–Trinajstić information content (AvgIpc) is 2.18. The standard InChI is InChI=1S/C11H15NO/c1-3-6-10(12)9-7-4-5-8-11(9)13-2/h4-5,7-8,12H,3,6H2,1-2H3. The number of benzene rings is 1. The van der Waals surface area contributed by atoms with E-state index < -0.39 is 0 Å². The number of para-hydroxylation sites is 1. The summed E-state index contributed by atoms with van der Waals surface area (Å²) in [7, 11) is 1.64. The summed E-state index contributed by atoms with van der Waals surface area (Å²) in [6.07, 6.45) is 1.80. The van der Waals surface area contributed by atoms with Crippen LogP contribution in [0.25, 0.3) is 0 Å². The fourth-order valence-corrected chi connectivity index (χ4v) is 1.28. The zero-order valence-corrected chi connectivity index (χ0v) is 8.13. The molecule has 0 saturated heterocycles. The van der Waals surface area contributed by atoms with Crippen LogP contribution in [0.15, 0.2) is 24.3 Å². The Kier molecular flexibility index (Phi) is 3.50. The van der Waals surface area contributed by atoms with Gasteiger partial charge in [0.05, 0.1) is 7.11 Å². The Morgan fingerprint density at radius 1 is 1.38 bits per heavy atom. The molecule has 2 heteroatoms. The van der Waals surface area contributed by atoms with E-state index in [0.717, 1.165) is 24.2 Å². The van der Waals surface area contributed by atoms with Crippen LogP contribution < -0.4 is 4.74 Å². The van der Waals surface area contributed by atoms with Crippen molar-refractivity contribution in [2.75, 3.05) is 7.11 Å². The zero-order chi connectivity index (χ0) is 9.68. The molecule has 0 aromatic heterocycles. The molecule has 70 valence electrons. The molecule has 1 aromatic carbocycles. The van der Waals surface area contributed by atoms with Crippen LogP contribution in [0.3, 0.4) is 0 Å². The number of hydrogen-bond donors (Lipinski definition) is 1. The third-order valence-corrected chi connectivity index (χ3v) is 1.93. The van der Waals surface area contributed by atoms with Crippen LogP contribution in [0.5, 0.6) is 5.75 Å². The van der Waals surface area contributed by atoms with Crippen molar-refractivity contribution in [3.05, 3.63) is 29.8 Å². The predicted molar refractivity (Wildman–Crippen MR) is 54.7 cm³/mol. The third kappa shape index (κ3) is 2.31. The Morgan fingerprint density at radius 3 is 2.69 bits per heavy atom. The fourth-order valence-electron chi connectivity index (χ4n) is 1.28. The lowest BCUT2D eigenvalue weighted by Gasteiger charge is -2.07. The van der Waals surface area contributed by atoms with Gasteiger partial charge in [0.15, 0.2) is 0 Å². The molecule has 0 amide bonds. The van der Waals surface area contributed by atoms with Crippen LogP contribution in [0.1, 0.15) is 25.3 Å². The van der Waals surface area contributed by atoms with Gasteiger partial charge in [0.25, 0.3) is 0 Å². The maximum absolute atomic E-state index is 7.79. The predicted octanol–water partition coefficient (Wildman–Crippen LogP) is 2.86. The molecule has 1 aromatic rings. The molecule has 0 fully saturated rings. The van der Waals surface area contributed by atoms with Crippen LogP contribution in [0, 0.1) is 5.41 Å². The highest BCUT2D eigenvalue weighted by molar-refractivity contribution is 6.00. The normalized spacial score (nSPS) is 9.69. The molecule has 1 rings (SSSR count). The van der Waals surface area contributed by atoms with Crippen molar-refractivity contribution in [1.29, 1.82) is 5.41 Å². The van der Waals surface area contributed by atoms with Crippen molar-refractivity contribution in [1.82, 2.24) is 0 Å². The van der Waals surface area contributed by atoms with Crippen molar-refractivity contribution < 1.29 is 4.74 Å². The summed E-state index contributed by atoms with van der Waals surface area (Å²) >= 11 is 0. The van der Waals surface area contributed by atoms with Gasteiger partial charge in [-0.3, -0.25) is 0 Å². The van der Waals surface area contributed by atoms with Gasteiger partial charge in [-0.05, 0) is 18.6 Å². The number of methoxy groups -OCH3 is 1. The maximum Gasteiger partial charge on any atom is 0.127 e. The second-order valence-corrected chi connectivity index (χ2v) is 2.93. The highest BCUT2D eigenvalue weighted by Gasteiger charge is 2.05. The van der Waals surface area contributed by atoms with Gasteiger partial charge in [-0.25, -0.2) is 0 Å². The van der Waals surface area contributed by atoms with E-state index in [1.165, 1.54) is 0 Å². The molecule has 2 nitrogen and oxygen atoms in total. The summed E-state index contributed by atoms with van der Waals surface area (Å²) in [5.74, 6) is 0.793. The Labute approximate surface area is 79.1 Å². The smallest absolute Gasteiger partial charge is 0.127 e. The average molecular weight is 177 g/mol. The second-order valence-electron chi connectivity index (χ2n) is 2.93. The van der Waals surface area contributed by atoms with Gasteiger partial charge < -0.3 is 10.1 Å². The first-order valence-corrected chi connectivity index (χ1v) is 4.50. The molecule has 0 aliphatic carbocycles. The second kappa shape index (κ2) is 4.65. The molecule has 0 aliphatic heterocycles. The lowest BCUT2D eigenvalue weighted by Crippen LogP contribution is -2.01. The van der Waals surface area contributed by atoms with Crippen molar-refractivity contribution in [3.63, 3.8) is 0 Å². The monoisotopic (exact) mass is 177 g/mol. The number of rotatable bonds is 4. The third-order valence-electron chi connectivity index (χ3n) is 1.93. The largest absolute Gasteiger partial charge is 0.496 e. The molecule has 1 N–H and O–H groups in total. The highest BCUT2D eigenvalue weighted by Crippen LogP contribution is 2.19. The molecule has 0 bridgehead atoms. The number of hydrogen-bond acceptors (Lipinski definition) is 2. The van der Waals surface area contributed by atoms with Crippen LogP contribution in [-0.4, -0.2) is 12.8 Å². The lowest BCUT2D eigenvalue weighted by atomic mass is 10.1. The lowest BCUT2D eigenvalue weighted by molar-refractivity contribution is 0.414. The van der Waals surface area contributed by atoms with E-state index in [4.69, 9.17) is 10.1 Å². The van der Waals surface area contributed by atoms with Gasteiger partial charge in [-0.2, -0.15) is 0 Å². The molecule has 0 atom stereocenters. The van der Waals surface area contributed by atoms with E-state index in [2.05, 4.69) is 6.92 Å². The molecule has 0 saturated carbocycles. The topological polar surface area (TPSA) is 33.1 Å². The van der Waals surface area contributed by atoms with E-state index in [1.807, 2.05) is 24.3 Å². The van der Waals surface area contributed by atoms with Crippen LogP contribution in [0.2, 0.25) is 0 Å². The zero-order valence-electron chi connectivity index (χ0n) is 8.13. The van der Waals surface area contributed by atoms with Gasteiger partial charge in [0.1, 0.15) is 5.75 Å². The van der Waals surface area contributed by atoms with Crippen LogP contribution in [-0.2, 0) is 0 Å². The summed E-state index contributed by atoms with van der Waals surface area (Å²) < 4.78 is 5.17. The first-order valence-electron chi connectivity index (χ1n) is 4.50. The first-order chi connectivity index (χ1) is 6.29. The minimum atomic E-state index is 0.653. The SMILES string of the molecule is CCCC(=N)c1ccccc1OC. The van der Waals surface area contributed by atoms with Crippen molar-refractivity contribution in [2.24, 2.45) is 0 Å². The van der Waals surface area contributed by atoms with E-state index >= 15 is 0 Å². The summed E-state index contributed by atoms with van der Waals surface area (Å²) in [6.45, 7) is 2.07. The molecule has 0 radical (unpaired) electrons. The fraction of sp³-hybridized carbons (Fsp3) is 0.364. The minimum absolute atomic E-state index is 0.653. The molecule has 0 unspecified atom stereocenters. The Morgan fingerprint density at radius 2 is 2.08 bits per heavy atom. The molecular weight excluding hydrogens is 162 g/mol. The van der Waals surface area contributed by atoms with E-state index in [1.54, 1.807) is 7.11 Å². The van der Waals surface area contributed by atoms with Gasteiger partial charge >= 0.3 is 0 Å². The van der Waals surface area contributed by atoms with Crippen molar-refractivity contribution >= 4 is 5.71 Å². The van der Waals surface area contributed by atoms with Crippen molar-refractivity contribution in [2.45, 2.75) is 19.8 Å². The molecule has 0 heterocycles. The Bertz CT molecular complexity index is 294.